The van der Waals surface area contributed by atoms with Gasteiger partial charge in [-0.05, 0) is 65.3 Å². The number of carboxylic acid groups (broad SMARTS) is 1. The highest BCUT2D eigenvalue weighted by Gasteiger charge is 2.28. The van der Waals surface area contributed by atoms with Gasteiger partial charge in [0.2, 0.25) is 0 Å². The smallest absolute Gasteiger partial charge is 0.357 e. The summed E-state index contributed by atoms with van der Waals surface area (Å²) in [6.45, 7) is 3.96. The largest absolute Gasteiger partial charge is 0.477 e. The number of aromatic carboxylic acids is 1. The van der Waals surface area contributed by atoms with Crippen molar-refractivity contribution in [1.29, 1.82) is 0 Å². The van der Waals surface area contributed by atoms with Gasteiger partial charge in [-0.2, -0.15) is 0 Å². The maximum Gasteiger partial charge on any atom is 0.357 e. The predicted octanol–water partition coefficient (Wildman–Crippen LogP) is 3.94. The van der Waals surface area contributed by atoms with Crippen LogP contribution in [0.2, 0.25) is 0 Å². The van der Waals surface area contributed by atoms with Crippen LogP contribution < -0.4 is 0 Å². The molecule has 1 aromatic heterocycles. The lowest BCUT2D eigenvalue weighted by atomic mass is 10.0. The number of aryl methyl sites for hydroxylation is 1. The standard InChI is InChI=1S/C16H17IN2O4S/c1-4-11(9-6-5-8(2)10(17)7-9)19-13(15(22)23-3)12(14(20)21)18-16(19)24/h5-7,11H,4H2,1-3H3,(H,18,24)(H,20,21). The number of aromatic amines is 1. The van der Waals surface area contributed by atoms with E-state index in [1.807, 2.05) is 32.0 Å². The zero-order valence-electron chi connectivity index (χ0n) is 13.4. The van der Waals surface area contributed by atoms with Gasteiger partial charge in [0.15, 0.2) is 16.2 Å². The zero-order chi connectivity index (χ0) is 18.0. The fourth-order valence-corrected chi connectivity index (χ4v) is 3.44. The highest BCUT2D eigenvalue weighted by molar-refractivity contribution is 14.1. The second kappa shape index (κ2) is 7.47. The van der Waals surface area contributed by atoms with Gasteiger partial charge in [-0.25, -0.2) is 9.59 Å². The van der Waals surface area contributed by atoms with Crippen LogP contribution in [0.1, 0.15) is 51.5 Å². The van der Waals surface area contributed by atoms with Crippen LogP contribution in [0.15, 0.2) is 18.2 Å². The lowest BCUT2D eigenvalue weighted by molar-refractivity contribution is 0.0568. The molecular formula is C16H17IN2O4S. The van der Waals surface area contributed by atoms with E-state index in [4.69, 9.17) is 17.0 Å². The summed E-state index contributed by atoms with van der Waals surface area (Å²) in [5.41, 5.74) is 1.76. The number of esters is 1. The summed E-state index contributed by atoms with van der Waals surface area (Å²) in [6, 6.07) is 5.69. The third-order valence-corrected chi connectivity index (χ3v) is 5.26. The average molecular weight is 460 g/mol. The molecule has 0 aliphatic heterocycles. The first-order valence-corrected chi connectivity index (χ1v) is 8.72. The van der Waals surface area contributed by atoms with E-state index in [0.717, 1.165) is 14.7 Å². The number of carboxylic acids is 1. The Morgan fingerprint density at radius 1 is 1.46 bits per heavy atom. The topological polar surface area (TPSA) is 84.3 Å². The van der Waals surface area contributed by atoms with Gasteiger partial charge in [0.1, 0.15) is 0 Å². The summed E-state index contributed by atoms with van der Waals surface area (Å²) < 4.78 is 7.56. The molecule has 2 rings (SSSR count). The average Bonchev–Trinajstić information content (AvgIpc) is 2.89. The molecule has 1 atom stereocenters. The Kier molecular flexibility index (Phi) is 5.81. The van der Waals surface area contributed by atoms with Crippen molar-refractivity contribution < 1.29 is 19.4 Å². The summed E-state index contributed by atoms with van der Waals surface area (Å²) in [4.78, 5) is 26.2. The first kappa shape index (κ1) is 18.7. The van der Waals surface area contributed by atoms with E-state index in [-0.39, 0.29) is 22.2 Å². The number of hydrogen-bond acceptors (Lipinski definition) is 4. The van der Waals surface area contributed by atoms with Crippen molar-refractivity contribution in [1.82, 2.24) is 9.55 Å². The van der Waals surface area contributed by atoms with E-state index >= 15 is 0 Å². The number of imidazole rings is 1. The molecule has 2 N–H and O–H groups in total. The minimum Gasteiger partial charge on any atom is -0.477 e. The first-order chi connectivity index (χ1) is 11.3. The number of halogens is 1. The molecule has 8 heteroatoms. The molecule has 0 fully saturated rings. The maximum absolute atomic E-state index is 12.2. The van der Waals surface area contributed by atoms with Gasteiger partial charge in [-0.15, -0.1) is 0 Å². The van der Waals surface area contributed by atoms with E-state index in [1.165, 1.54) is 11.7 Å². The van der Waals surface area contributed by atoms with Gasteiger partial charge in [0.25, 0.3) is 0 Å². The number of carbonyl (C=O) groups is 2. The molecule has 0 saturated carbocycles. The van der Waals surface area contributed by atoms with Gasteiger partial charge >= 0.3 is 11.9 Å². The Morgan fingerprint density at radius 3 is 2.62 bits per heavy atom. The number of carbonyl (C=O) groups excluding carboxylic acids is 1. The monoisotopic (exact) mass is 460 g/mol. The molecule has 1 heterocycles. The number of rotatable bonds is 5. The lowest BCUT2D eigenvalue weighted by Crippen LogP contribution is -2.19. The summed E-state index contributed by atoms with van der Waals surface area (Å²) in [7, 11) is 1.21. The van der Waals surface area contributed by atoms with Crippen molar-refractivity contribution >= 4 is 46.7 Å². The number of nitrogens with zero attached hydrogens (tertiary/aromatic N) is 1. The SMILES string of the molecule is CCC(c1ccc(C)c(I)c1)n1c(C(=O)OC)c(C(=O)O)[nH]c1=S. The molecule has 0 bridgehead atoms. The molecule has 0 saturated heterocycles. The molecule has 0 aliphatic rings. The Balaban J connectivity index is 2.72. The van der Waals surface area contributed by atoms with Crippen molar-refractivity contribution in [2.45, 2.75) is 26.3 Å². The normalized spacial score (nSPS) is 12.0. The molecule has 0 aliphatic carbocycles. The number of benzene rings is 1. The third kappa shape index (κ3) is 3.39. The van der Waals surface area contributed by atoms with Crippen molar-refractivity contribution in [2.24, 2.45) is 0 Å². The van der Waals surface area contributed by atoms with Gasteiger partial charge in [0.05, 0.1) is 13.2 Å². The second-order valence-corrected chi connectivity index (χ2v) is 6.80. The van der Waals surface area contributed by atoms with E-state index in [0.29, 0.717) is 6.42 Å². The summed E-state index contributed by atoms with van der Waals surface area (Å²) in [6.07, 6.45) is 0.633. The molecule has 2 aromatic rings. The number of H-pyrrole nitrogens is 1. The second-order valence-electron chi connectivity index (χ2n) is 5.25. The molecule has 0 spiro atoms. The van der Waals surface area contributed by atoms with E-state index in [2.05, 4.69) is 27.6 Å². The molecule has 6 nitrogen and oxygen atoms in total. The van der Waals surface area contributed by atoms with Crippen molar-refractivity contribution in [3.05, 3.63) is 49.1 Å². The molecule has 128 valence electrons. The lowest BCUT2D eigenvalue weighted by Gasteiger charge is -2.20. The van der Waals surface area contributed by atoms with Crippen LogP contribution >= 0.6 is 34.8 Å². The highest BCUT2D eigenvalue weighted by Crippen LogP contribution is 2.28. The number of methoxy groups -OCH3 is 1. The van der Waals surface area contributed by atoms with Gasteiger partial charge < -0.3 is 19.4 Å². The Morgan fingerprint density at radius 2 is 2.12 bits per heavy atom. The Bertz CT molecular complexity index is 856. The van der Waals surface area contributed by atoms with Crippen LogP contribution in [0, 0.1) is 15.3 Å². The van der Waals surface area contributed by atoms with E-state index in [1.54, 1.807) is 0 Å². The zero-order valence-corrected chi connectivity index (χ0v) is 16.4. The van der Waals surface area contributed by atoms with Crippen LogP contribution in [0.3, 0.4) is 0 Å². The van der Waals surface area contributed by atoms with Crippen LogP contribution in [-0.2, 0) is 4.74 Å². The highest BCUT2D eigenvalue weighted by atomic mass is 127. The number of aromatic nitrogens is 2. The predicted molar refractivity (Wildman–Crippen MR) is 100 cm³/mol. The Labute approximate surface area is 158 Å². The summed E-state index contributed by atoms with van der Waals surface area (Å²) in [5, 5.41) is 9.35. The molecule has 0 radical (unpaired) electrons. The van der Waals surface area contributed by atoms with Crippen LogP contribution in [0.4, 0.5) is 0 Å². The minimum atomic E-state index is -1.26. The fourth-order valence-electron chi connectivity index (χ4n) is 2.58. The van der Waals surface area contributed by atoms with Crippen LogP contribution in [-0.4, -0.2) is 33.7 Å². The van der Waals surface area contributed by atoms with Gasteiger partial charge in [0, 0.05) is 3.57 Å². The summed E-state index contributed by atoms with van der Waals surface area (Å²) in [5.74, 6) is -1.99. The summed E-state index contributed by atoms with van der Waals surface area (Å²) >= 11 is 7.53. The number of hydrogen-bond donors (Lipinski definition) is 2. The third-order valence-electron chi connectivity index (χ3n) is 3.80. The van der Waals surface area contributed by atoms with E-state index in [9.17, 15) is 14.7 Å². The number of nitrogens with one attached hydrogen (secondary N) is 1. The quantitative estimate of drug-likeness (QED) is 0.401. The molecule has 1 unspecified atom stereocenters. The maximum atomic E-state index is 12.2. The molecule has 24 heavy (non-hydrogen) atoms. The van der Waals surface area contributed by atoms with Gasteiger partial charge in [-0.3, -0.25) is 0 Å². The van der Waals surface area contributed by atoms with Crippen molar-refractivity contribution in [3.8, 4) is 0 Å². The molecule has 0 amide bonds. The minimum absolute atomic E-state index is 0.0718. The number of ether oxygens (including phenoxy) is 1. The Hall–Kier alpha value is -1.68. The van der Waals surface area contributed by atoms with Crippen LogP contribution in [0.25, 0.3) is 0 Å². The van der Waals surface area contributed by atoms with E-state index < -0.39 is 11.9 Å². The molecule has 1 aromatic carbocycles. The first-order valence-electron chi connectivity index (χ1n) is 7.23. The van der Waals surface area contributed by atoms with Crippen LogP contribution in [0.5, 0.6) is 0 Å². The van der Waals surface area contributed by atoms with Gasteiger partial charge in [-0.1, -0.05) is 19.1 Å². The molecular weight excluding hydrogens is 443 g/mol. The fraction of sp³-hybridized carbons (Fsp3) is 0.312. The van der Waals surface area contributed by atoms with Crippen molar-refractivity contribution in [3.63, 3.8) is 0 Å². The van der Waals surface area contributed by atoms with Crippen molar-refractivity contribution in [2.75, 3.05) is 7.11 Å².